The Morgan fingerprint density at radius 2 is 0.877 bits per heavy atom. The van der Waals surface area contributed by atoms with Crippen molar-refractivity contribution in [2.24, 2.45) is 5.92 Å². The Hall–Kier alpha value is -7.97. The normalized spacial score (nSPS) is 14.3. The lowest BCUT2D eigenvalue weighted by molar-refractivity contribution is 0.140. The molecule has 1 fully saturated rings. The Morgan fingerprint density at radius 1 is 0.494 bits per heavy atom. The van der Waals surface area contributed by atoms with Gasteiger partial charge in [-0.3, -0.25) is 10.6 Å². The van der Waals surface area contributed by atoms with Gasteiger partial charge in [0.05, 0.1) is 6.10 Å². The van der Waals surface area contributed by atoms with E-state index in [1.165, 1.54) is 42.7 Å². The van der Waals surface area contributed by atoms with Gasteiger partial charge < -0.3 is 62.0 Å². The highest BCUT2D eigenvalue weighted by Gasteiger charge is 2.42. The number of anilines is 6. The number of nitrogens with one attached hydrogen (secondary N) is 6. The molecule has 21 heteroatoms. The van der Waals surface area contributed by atoms with Gasteiger partial charge in [0.2, 0.25) is 0 Å². The molecule has 1 saturated heterocycles. The second-order valence-corrected chi connectivity index (χ2v) is 24.6. The number of benzene rings is 6. The standard InChI is InChI=1S/C60H70N6O13Si2/c1-8-42(15-9-10-34-77-59(69)65-51-22-13-18-45(39-51)35-43-16-11-20-49(37-43)63-57(67)61-47-25-29-53(30-26-47)80(71-2,72-3)73-4)24-33-55-56(79-55)41-78-60(70)66-52-23-14-19-46(40-52)36-44-17-12-21-50(38-44)64-58(68)62-48-27-31-54(32-28-48)81(74-5,75-6)76-7/h8-14,16-23,25-32,37-40,42,55-56H,1,15,24,33-36,41H2,2-7H3,(H,65,69)(H,66,70)(H2,61,63,67)(H2,62,64,68)/b10-9+. The number of carbonyl (C=O) groups is 4. The van der Waals surface area contributed by atoms with Crippen LogP contribution in [0.1, 0.15) is 41.5 Å². The van der Waals surface area contributed by atoms with E-state index >= 15 is 0 Å². The van der Waals surface area contributed by atoms with Crippen LogP contribution in [0.15, 0.2) is 170 Å². The van der Waals surface area contributed by atoms with Gasteiger partial charge in [0.1, 0.15) is 19.3 Å². The van der Waals surface area contributed by atoms with Gasteiger partial charge in [0.15, 0.2) is 0 Å². The van der Waals surface area contributed by atoms with Crippen molar-refractivity contribution in [3.05, 3.63) is 193 Å². The summed E-state index contributed by atoms with van der Waals surface area (Å²) in [6, 6.07) is 43.5. The summed E-state index contributed by atoms with van der Waals surface area (Å²) in [5.74, 6) is 0.179. The summed E-state index contributed by atoms with van der Waals surface area (Å²) in [6.07, 6.45) is 7.74. The van der Waals surface area contributed by atoms with Crippen molar-refractivity contribution in [2.45, 2.75) is 44.3 Å². The molecule has 0 saturated carbocycles. The summed E-state index contributed by atoms with van der Waals surface area (Å²) in [5, 5.41) is 18.6. The fourth-order valence-electron chi connectivity index (χ4n) is 9.04. The van der Waals surface area contributed by atoms with E-state index in [9.17, 15) is 19.2 Å². The number of amides is 6. The highest BCUT2D eigenvalue weighted by Crippen LogP contribution is 2.30. The minimum atomic E-state index is -2.99. The number of urea groups is 2. The van der Waals surface area contributed by atoms with E-state index in [1.54, 1.807) is 60.7 Å². The monoisotopic (exact) mass is 1140 g/mol. The van der Waals surface area contributed by atoms with E-state index in [0.717, 1.165) is 45.5 Å². The van der Waals surface area contributed by atoms with Gasteiger partial charge >= 0.3 is 41.9 Å². The van der Waals surface area contributed by atoms with Crippen molar-refractivity contribution >= 4 is 86.4 Å². The lowest BCUT2D eigenvalue weighted by atomic mass is 9.97. The van der Waals surface area contributed by atoms with Crippen LogP contribution in [0, 0.1) is 5.92 Å². The van der Waals surface area contributed by atoms with E-state index in [0.29, 0.717) is 53.4 Å². The van der Waals surface area contributed by atoms with E-state index in [-0.39, 0.29) is 31.3 Å². The molecular formula is C60H70N6O13Si2. The van der Waals surface area contributed by atoms with E-state index in [2.05, 4.69) is 38.5 Å². The van der Waals surface area contributed by atoms with Crippen molar-refractivity contribution in [1.82, 2.24) is 0 Å². The van der Waals surface area contributed by atoms with Crippen molar-refractivity contribution < 1.29 is 59.9 Å². The number of carbonyl (C=O) groups excluding carboxylic acids is 4. The highest BCUT2D eigenvalue weighted by atomic mass is 28.4. The first-order valence-corrected chi connectivity index (χ1v) is 29.6. The van der Waals surface area contributed by atoms with Gasteiger partial charge in [-0.25, -0.2) is 19.2 Å². The molecule has 7 rings (SSSR count). The molecule has 6 aromatic carbocycles. The summed E-state index contributed by atoms with van der Waals surface area (Å²) in [4.78, 5) is 51.2. The lowest BCUT2D eigenvalue weighted by Crippen LogP contribution is -2.54. The van der Waals surface area contributed by atoms with Crippen molar-refractivity contribution in [3.63, 3.8) is 0 Å². The number of allylic oxidation sites excluding steroid dienone is 2. The zero-order chi connectivity index (χ0) is 57.6. The number of hydrogen-bond donors (Lipinski definition) is 6. The van der Waals surface area contributed by atoms with Gasteiger partial charge in [-0.15, -0.1) is 6.58 Å². The average molecular weight is 1140 g/mol. The van der Waals surface area contributed by atoms with Crippen LogP contribution in [-0.2, 0) is 53.6 Å². The molecule has 1 aliphatic heterocycles. The largest absolute Gasteiger partial charge is 0.536 e. The predicted molar refractivity (Wildman–Crippen MR) is 318 cm³/mol. The SMILES string of the molecule is C=CC(C/C=C/COC(=O)Nc1cccc(Cc2cccc(NC(=O)Nc3ccc([Si](OC)(OC)OC)cc3)c2)c1)CCC1OC1COC(=O)Nc1cccc(Cc2cccc(NC(=O)Nc3ccc([Si](OC)(OC)OC)cc3)c2)c1. The van der Waals surface area contributed by atoms with Crippen LogP contribution in [0.2, 0.25) is 0 Å². The molecule has 19 nitrogen and oxygen atoms in total. The number of ether oxygens (including phenoxy) is 3. The number of rotatable bonds is 28. The van der Waals surface area contributed by atoms with Crippen molar-refractivity contribution in [1.29, 1.82) is 0 Å². The topological polar surface area (TPSA) is 227 Å². The van der Waals surface area contributed by atoms with Crippen molar-refractivity contribution in [3.8, 4) is 0 Å². The molecule has 0 aromatic heterocycles. The smallest absolute Gasteiger partial charge is 0.446 e. The Bertz CT molecular complexity index is 3070. The van der Waals surface area contributed by atoms with E-state index in [1.807, 2.05) is 103 Å². The number of hydrogen-bond acceptors (Lipinski definition) is 13. The van der Waals surface area contributed by atoms with E-state index in [4.69, 9.17) is 40.8 Å². The first-order valence-electron chi connectivity index (χ1n) is 26.1. The Balaban J connectivity index is 0.755. The molecule has 6 amide bonds. The summed E-state index contributed by atoms with van der Waals surface area (Å²) in [6.45, 7) is 4.22. The highest BCUT2D eigenvalue weighted by molar-refractivity contribution is 6.75. The molecule has 0 spiro atoms. The first kappa shape index (κ1) is 60.7. The minimum Gasteiger partial charge on any atom is -0.446 e. The van der Waals surface area contributed by atoms with Gasteiger partial charge in [-0.05, 0) is 133 Å². The maximum Gasteiger partial charge on any atom is 0.536 e. The molecule has 0 aliphatic carbocycles. The first-order chi connectivity index (χ1) is 39.3. The number of epoxide rings is 1. The maximum atomic E-state index is 12.9. The minimum absolute atomic E-state index is 0.0218. The maximum absolute atomic E-state index is 12.9. The van der Waals surface area contributed by atoms with Gasteiger partial charge in [0.25, 0.3) is 0 Å². The predicted octanol–water partition coefficient (Wildman–Crippen LogP) is 10.4. The fraction of sp³-hybridized carbons (Fsp3) is 0.267. The molecular weight excluding hydrogens is 1070 g/mol. The molecule has 6 aromatic rings. The second kappa shape index (κ2) is 30.0. The third kappa shape index (κ3) is 18.0. The van der Waals surface area contributed by atoms with Gasteiger partial charge in [-0.1, -0.05) is 91.0 Å². The Morgan fingerprint density at radius 3 is 1.27 bits per heavy atom. The van der Waals surface area contributed by atoms with Gasteiger partial charge in [0, 0.05) is 87.2 Å². The third-order valence-corrected chi connectivity index (χ3v) is 18.6. The van der Waals surface area contributed by atoms with Crippen LogP contribution in [0.4, 0.5) is 53.3 Å². The Kier molecular flexibility index (Phi) is 22.5. The summed E-state index contributed by atoms with van der Waals surface area (Å²) in [7, 11) is 3.26. The molecule has 6 N–H and O–H groups in total. The molecule has 3 atom stereocenters. The molecule has 0 radical (unpaired) electrons. The van der Waals surface area contributed by atoms with Crippen LogP contribution in [0.25, 0.3) is 0 Å². The zero-order valence-electron chi connectivity index (χ0n) is 46.3. The molecule has 426 valence electrons. The summed E-state index contributed by atoms with van der Waals surface area (Å²) in [5.41, 5.74) is 7.43. The molecule has 3 unspecified atom stereocenters. The summed E-state index contributed by atoms with van der Waals surface area (Å²) < 4.78 is 49.9. The lowest BCUT2D eigenvalue weighted by Gasteiger charge is -2.24. The van der Waals surface area contributed by atoms with E-state index < -0.39 is 41.9 Å². The second-order valence-electron chi connectivity index (χ2n) is 18.7. The van der Waals surface area contributed by atoms with Crippen LogP contribution < -0.4 is 42.3 Å². The molecule has 0 bridgehead atoms. The average Bonchev–Trinajstić information content (AvgIpc) is 4.25. The van der Waals surface area contributed by atoms with Crippen LogP contribution in [-0.4, -0.2) is 110 Å². The van der Waals surface area contributed by atoms with Crippen LogP contribution in [0.5, 0.6) is 0 Å². The summed E-state index contributed by atoms with van der Waals surface area (Å²) >= 11 is 0. The third-order valence-electron chi connectivity index (χ3n) is 13.3. The Labute approximate surface area is 475 Å². The fourth-order valence-corrected chi connectivity index (χ4v) is 12.6. The molecule has 81 heavy (non-hydrogen) atoms. The van der Waals surface area contributed by atoms with Crippen molar-refractivity contribution in [2.75, 3.05) is 87.8 Å². The molecule has 1 heterocycles. The quantitative estimate of drug-likeness (QED) is 0.0153. The van der Waals surface area contributed by atoms with Gasteiger partial charge in [-0.2, -0.15) is 0 Å². The van der Waals surface area contributed by atoms with Crippen LogP contribution in [0.3, 0.4) is 0 Å². The zero-order valence-corrected chi connectivity index (χ0v) is 48.3. The van der Waals surface area contributed by atoms with Crippen LogP contribution >= 0.6 is 0 Å². The molecule has 1 aliphatic rings.